The number of nitrogens with zero attached hydrogens (tertiary/aromatic N) is 1. The van der Waals surface area contributed by atoms with Crippen molar-refractivity contribution in [3.8, 4) is 0 Å². The van der Waals surface area contributed by atoms with E-state index >= 15 is 0 Å². The molecular formula is C13H13F3N2O. The number of piperidine rings is 1. The smallest absolute Gasteiger partial charge is 0.330 e. The van der Waals surface area contributed by atoms with E-state index in [9.17, 15) is 18.0 Å². The zero-order valence-electron chi connectivity index (χ0n) is 10.0. The fourth-order valence-electron chi connectivity index (χ4n) is 2.93. The Morgan fingerprint density at radius 3 is 2.32 bits per heavy atom. The van der Waals surface area contributed by atoms with Gasteiger partial charge in [0.1, 0.15) is 0 Å². The molecule has 0 spiro atoms. The fraction of sp³-hybridized carbons (Fsp3) is 0.462. The number of nitrogens with two attached hydrogens (primary N) is 1. The van der Waals surface area contributed by atoms with Gasteiger partial charge in [-0.15, -0.1) is 0 Å². The Morgan fingerprint density at radius 1 is 1.26 bits per heavy atom. The predicted octanol–water partition coefficient (Wildman–Crippen LogP) is 1.87. The number of fused-ring (bicyclic) bond motifs is 1. The second-order valence-electron chi connectivity index (χ2n) is 5.08. The lowest BCUT2D eigenvalue weighted by atomic mass is 10.1. The SMILES string of the molecule is NCC1C2CN(c3ccc(C(F)(F)F)cc3)C(=O)C12. The summed E-state index contributed by atoms with van der Waals surface area (Å²) in [5, 5.41) is 0. The van der Waals surface area contributed by atoms with Gasteiger partial charge >= 0.3 is 6.18 Å². The zero-order valence-corrected chi connectivity index (χ0v) is 10.0. The van der Waals surface area contributed by atoms with E-state index in [-0.39, 0.29) is 23.7 Å². The van der Waals surface area contributed by atoms with Crippen molar-refractivity contribution in [3.63, 3.8) is 0 Å². The van der Waals surface area contributed by atoms with Crippen molar-refractivity contribution in [2.24, 2.45) is 23.5 Å². The van der Waals surface area contributed by atoms with Gasteiger partial charge in [0.15, 0.2) is 0 Å². The minimum absolute atomic E-state index is 0.0137. The van der Waals surface area contributed by atoms with Crippen molar-refractivity contribution in [2.45, 2.75) is 6.18 Å². The summed E-state index contributed by atoms with van der Waals surface area (Å²) in [5.74, 6) is 0.505. The first-order valence-electron chi connectivity index (χ1n) is 6.12. The number of hydrogen-bond donors (Lipinski definition) is 1. The molecule has 19 heavy (non-hydrogen) atoms. The van der Waals surface area contributed by atoms with E-state index in [1.165, 1.54) is 12.1 Å². The van der Waals surface area contributed by atoms with Crippen LogP contribution in [0.4, 0.5) is 18.9 Å². The molecule has 2 fully saturated rings. The van der Waals surface area contributed by atoms with Gasteiger partial charge in [0.05, 0.1) is 5.56 Å². The molecule has 1 aliphatic heterocycles. The van der Waals surface area contributed by atoms with Crippen molar-refractivity contribution in [1.82, 2.24) is 0 Å². The maximum atomic E-state index is 12.4. The van der Waals surface area contributed by atoms with Crippen LogP contribution in [0.2, 0.25) is 0 Å². The van der Waals surface area contributed by atoms with Crippen LogP contribution in [-0.4, -0.2) is 19.0 Å². The van der Waals surface area contributed by atoms with E-state index < -0.39 is 11.7 Å². The Hall–Kier alpha value is -1.56. The monoisotopic (exact) mass is 270 g/mol. The third-order valence-corrected chi connectivity index (χ3v) is 4.05. The van der Waals surface area contributed by atoms with Crippen molar-refractivity contribution in [1.29, 1.82) is 0 Å². The number of benzene rings is 1. The third-order valence-electron chi connectivity index (χ3n) is 4.05. The summed E-state index contributed by atoms with van der Waals surface area (Å²) in [6.07, 6.45) is -4.35. The van der Waals surface area contributed by atoms with Crippen LogP contribution < -0.4 is 10.6 Å². The molecule has 0 aromatic heterocycles. The highest BCUT2D eigenvalue weighted by Crippen LogP contribution is 2.52. The van der Waals surface area contributed by atoms with Gasteiger partial charge < -0.3 is 10.6 Å². The van der Waals surface area contributed by atoms with Gasteiger partial charge in [-0.25, -0.2) is 0 Å². The lowest BCUT2D eigenvalue weighted by molar-refractivity contribution is -0.137. The number of carbonyl (C=O) groups excluding carboxylic acids is 1. The molecule has 0 radical (unpaired) electrons. The Labute approximate surface area is 108 Å². The lowest BCUT2D eigenvalue weighted by Crippen LogP contribution is -2.31. The van der Waals surface area contributed by atoms with Gasteiger partial charge in [0, 0.05) is 18.2 Å². The molecule has 1 aromatic carbocycles. The molecule has 3 atom stereocenters. The second-order valence-corrected chi connectivity index (χ2v) is 5.08. The topological polar surface area (TPSA) is 46.3 Å². The fourth-order valence-corrected chi connectivity index (χ4v) is 2.93. The zero-order chi connectivity index (χ0) is 13.8. The van der Waals surface area contributed by atoms with E-state index in [2.05, 4.69) is 0 Å². The highest BCUT2D eigenvalue weighted by Gasteiger charge is 2.60. The van der Waals surface area contributed by atoms with Gasteiger partial charge in [0.25, 0.3) is 0 Å². The van der Waals surface area contributed by atoms with E-state index in [0.29, 0.717) is 18.8 Å². The summed E-state index contributed by atoms with van der Waals surface area (Å²) >= 11 is 0. The normalized spacial score (nSPS) is 29.6. The molecule has 6 heteroatoms. The molecule has 2 N–H and O–H groups in total. The lowest BCUT2D eigenvalue weighted by Gasteiger charge is -2.20. The number of amides is 1. The molecule has 102 valence electrons. The van der Waals surface area contributed by atoms with E-state index in [0.717, 1.165) is 12.1 Å². The van der Waals surface area contributed by atoms with Crippen LogP contribution in [0.25, 0.3) is 0 Å². The summed E-state index contributed by atoms with van der Waals surface area (Å²) in [6, 6.07) is 4.71. The molecule has 1 saturated heterocycles. The Kier molecular flexibility index (Phi) is 2.60. The molecule has 3 nitrogen and oxygen atoms in total. The number of alkyl halides is 3. The quantitative estimate of drug-likeness (QED) is 0.891. The largest absolute Gasteiger partial charge is 0.416 e. The van der Waals surface area contributed by atoms with Crippen LogP contribution in [0, 0.1) is 17.8 Å². The molecule has 1 heterocycles. The molecule has 1 aliphatic carbocycles. The van der Waals surface area contributed by atoms with Crippen molar-refractivity contribution in [3.05, 3.63) is 29.8 Å². The highest BCUT2D eigenvalue weighted by molar-refractivity contribution is 6.00. The number of carbonyl (C=O) groups is 1. The second kappa shape index (κ2) is 3.96. The Morgan fingerprint density at radius 2 is 1.89 bits per heavy atom. The predicted molar refractivity (Wildman–Crippen MR) is 63.3 cm³/mol. The van der Waals surface area contributed by atoms with Crippen LogP contribution in [0.1, 0.15) is 5.56 Å². The average Bonchev–Trinajstić information content (AvgIpc) is 2.97. The van der Waals surface area contributed by atoms with E-state index in [1.54, 1.807) is 4.90 Å². The average molecular weight is 270 g/mol. The van der Waals surface area contributed by atoms with Crippen LogP contribution in [-0.2, 0) is 11.0 Å². The van der Waals surface area contributed by atoms with Gasteiger partial charge in [-0.2, -0.15) is 13.2 Å². The maximum Gasteiger partial charge on any atom is 0.416 e. The Balaban J connectivity index is 1.77. The molecule has 1 saturated carbocycles. The van der Waals surface area contributed by atoms with Gasteiger partial charge in [0.2, 0.25) is 5.91 Å². The molecule has 2 aliphatic rings. The number of hydrogen-bond acceptors (Lipinski definition) is 2. The third kappa shape index (κ3) is 1.90. The first-order valence-corrected chi connectivity index (χ1v) is 6.12. The van der Waals surface area contributed by atoms with Crippen molar-refractivity contribution < 1.29 is 18.0 Å². The summed E-state index contributed by atoms with van der Waals surface area (Å²) in [4.78, 5) is 13.6. The summed E-state index contributed by atoms with van der Waals surface area (Å²) in [6.45, 7) is 1.07. The van der Waals surface area contributed by atoms with Gasteiger partial charge in [-0.3, -0.25) is 4.79 Å². The molecule has 1 amide bonds. The number of rotatable bonds is 2. The summed E-state index contributed by atoms with van der Waals surface area (Å²) in [7, 11) is 0. The van der Waals surface area contributed by atoms with Crippen LogP contribution in [0.15, 0.2) is 24.3 Å². The molecular weight excluding hydrogens is 257 g/mol. The molecule has 0 bridgehead atoms. The van der Waals surface area contributed by atoms with Crippen LogP contribution in [0.3, 0.4) is 0 Å². The summed E-state index contributed by atoms with van der Waals surface area (Å²) < 4.78 is 37.3. The van der Waals surface area contributed by atoms with Gasteiger partial charge in [-0.1, -0.05) is 0 Å². The minimum atomic E-state index is -4.35. The molecule has 1 aromatic rings. The maximum absolute atomic E-state index is 12.4. The Bertz CT molecular complexity index is 512. The summed E-state index contributed by atoms with van der Waals surface area (Å²) in [5.41, 5.74) is 5.37. The first kappa shape index (κ1) is 12.5. The van der Waals surface area contributed by atoms with Crippen molar-refractivity contribution >= 4 is 11.6 Å². The van der Waals surface area contributed by atoms with Gasteiger partial charge in [-0.05, 0) is 42.6 Å². The highest BCUT2D eigenvalue weighted by atomic mass is 19.4. The molecule has 3 rings (SSSR count). The van der Waals surface area contributed by atoms with Crippen LogP contribution >= 0.6 is 0 Å². The minimum Gasteiger partial charge on any atom is -0.330 e. The van der Waals surface area contributed by atoms with E-state index in [1.807, 2.05) is 0 Å². The van der Waals surface area contributed by atoms with E-state index in [4.69, 9.17) is 5.73 Å². The first-order chi connectivity index (χ1) is 8.93. The van der Waals surface area contributed by atoms with Crippen LogP contribution in [0.5, 0.6) is 0 Å². The van der Waals surface area contributed by atoms with Crippen molar-refractivity contribution in [2.75, 3.05) is 18.0 Å². The number of halogens is 3. The standard InChI is InChI=1S/C13H13F3N2O/c14-13(15,16)7-1-3-8(4-2-7)18-6-10-9(5-17)11(10)12(18)19/h1-4,9-11H,5-6,17H2. The molecule has 3 unspecified atom stereocenters. The number of anilines is 1.